The van der Waals surface area contributed by atoms with E-state index in [-0.39, 0.29) is 5.41 Å². The van der Waals surface area contributed by atoms with Gasteiger partial charge in [0.15, 0.2) is 5.82 Å². The third-order valence-electron chi connectivity index (χ3n) is 4.05. The fraction of sp³-hybridized carbons (Fsp3) is 0.615. The summed E-state index contributed by atoms with van der Waals surface area (Å²) in [5, 5.41) is 11.1. The largest absolute Gasteiger partial charge is 0.340 e. The van der Waals surface area contributed by atoms with Crippen LogP contribution in [-0.2, 0) is 12.0 Å². The highest BCUT2D eigenvalue weighted by molar-refractivity contribution is 5.14. The maximum absolute atomic E-state index is 5.00. The molecule has 0 bridgehead atoms. The topological polar surface area (TPSA) is 70.8 Å². The number of aromatic amines is 1. The molecule has 1 aliphatic heterocycles. The van der Waals surface area contributed by atoms with Crippen molar-refractivity contribution in [2.75, 3.05) is 13.1 Å². The molecule has 0 unspecified atom stereocenters. The van der Waals surface area contributed by atoms with E-state index in [1.807, 2.05) is 13.1 Å². The Balaban J connectivity index is 1.60. The number of aryl methyl sites for hydroxylation is 1. The highest BCUT2D eigenvalue weighted by atomic mass is 16.5. The Morgan fingerprint density at radius 2 is 2.21 bits per heavy atom. The predicted octanol–water partition coefficient (Wildman–Crippen LogP) is 1.65. The van der Waals surface area contributed by atoms with E-state index in [9.17, 15) is 0 Å². The summed E-state index contributed by atoms with van der Waals surface area (Å²) < 4.78 is 5.00. The minimum Gasteiger partial charge on any atom is -0.340 e. The van der Waals surface area contributed by atoms with E-state index in [0.717, 1.165) is 38.3 Å². The summed E-state index contributed by atoms with van der Waals surface area (Å²) >= 11 is 0. The van der Waals surface area contributed by atoms with Gasteiger partial charge in [0.1, 0.15) is 0 Å². The maximum atomic E-state index is 5.00. The van der Waals surface area contributed by atoms with Gasteiger partial charge in [-0.3, -0.25) is 10.00 Å². The van der Waals surface area contributed by atoms with Gasteiger partial charge in [-0.25, -0.2) is 0 Å². The normalized spacial score (nSPS) is 19.7. The zero-order valence-electron chi connectivity index (χ0n) is 11.4. The monoisotopic (exact) mass is 261 g/mol. The molecule has 2 aromatic rings. The predicted molar refractivity (Wildman–Crippen MR) is 69.5 cm³/mol. The van der Waals surface area contributed by atoms with E-state index in [0.29, 0.717) is 5.89 Å². The summed E-state index contributed by atoms with van der Waals surface area (Å²) in [6.07, 6.45) is 4.06. The summed E-state index contributed by atoms with van der Waals surface area (Å²) in [4.78, 5) is 6.63. The smallest absolute Gasteiger partial charge is 0.223 e. The molecule has 0 radical (unpaired) electrons. The van der Waals surface area contributed by atoms with Gasteiger partial charge in [-0.15, -0.1) is 0 Å². The van der Waals surface area contributed by atoms with Gasteiger partial charge in [0.2, 0.25) is 5.89 Å². The first kappa shape index (κ1) is 12.3. The summed E-state index contributed by atoms with van der Waals surface area (Å²) in [6.45, 7) is 6.99. The van der Waals surface area contributed by atoms with Gasteiger partial charge < -0.3 is 4.52 Å². The average molecular weight is 261 g/mol. The van der Waals surface area contributed by atoms with Crippen molar-refractivity contribution in [1.82, 2.24) is 25.2 Å². The lowest BCUT2D eigenvalue weighted by molar-refractivity contribution is 0.155. The van der Waals surface area contributed by atoms with Gasteiger partial charge in [-0.1, -0.05) is 12.1 Å². The van der Waals surface area contributed by atoms with Crippen LogP contribution >= 0.6 is 0 Å². The second-order valence-electron chi connectivity index (χ2n) is 5.54. The number of likely N-dealkylation sites (tertiary alicyclic amines) is 1. The summed E-state index contributed by atoms with van der Waals surface area (Å²) in [7, 11) is 0. The summed E-state index contributed by atoms with van der Waals surface area (Å²) in [5.41, 5.74) is 1.45. The zero-order chi connectivity index (χ0) is 13.3. The molecule has 0 atom stereocenters. The van der Waals surface area contributed by atoms with Crippen LogP contribution < -0.4 is 0 Å². The van der Waals surface area contributed by atoms with Crippen molar-refractivity contribution in [2.45, 2.75) is 38.6 Å². The first-order chi connectivity index (χ1) is 9.16. The zero-order valence-corrected chi connectivity index (χ0v) is 11.4. The first-order valence-electron chi connectivity index (χ1n) is 6.67. The minimum atomic E-state index is 0.209. The molecule has 6 nitrogen and oxygen atoms in total. The number of hydrogen-bond acceptors (Lipinski definition) is 5. The van der Waals surface area contributed by atoms with Gasteiger partial charge in [-0.05, 0) is 32.0 Å². The molecule has 1 N–H and O–H groups in total. The Morgan fingerprint density at radius 1 is 1.42 bits per heavy atom. The molecule has 0 aliphatic carbocycles. The van der Waals surface area contributed by atoms with E-state index in [4.69, 9.17) is 4.52 Å². The molecule has 1 aliphatic rings. The van der Waals surface area contributed by atoms with E-state index >= 15 is 0 Å². The number of aromatic nitrogens is 4. The third kappa shape index (κ3) is 2.53. The Kier molecular flexibility index (Phi) is 3.10. The van der Waals surface area contributed by atoms with Crippen LogP contribution in [-0.4, -0.2) is 38.3 Å². The number of hydrogen-bond donors (Lipinski definition) is 1. The molecule has 1 fully saturated rings. The van der Waals surface area contributed by atoms with Crippen molar-refractivity contribution in [2.24, 2.45) is 0 Å². The van der Waals surface area contributed by atoms with Crippen molar-refractivity contribution in [3.63, 3.8) is 0 Å². The van der Waals surface area contributed by atoms with Gasteiger partial charge in [0, 0.05) is 24.2 Å². The standard InChI is InChI=1S/C13H19N5O/c1-10-15-12(17-19-10)9-18-7-4-13(2,5-8-18)11-3-6-14-16-11/h3,6H,4-5,7-9H2,1-2H3,(H,14,16). The van der Waals surface area contributed by atoms with Crippen molar-refractivity contribution in [1.29, 1.82) is 0 Å². The fourth-order valence-corrected chi connectivity index (χ4v) is 2.67. The van der Waals surface area contributed by atoms with Crippen molar-refractivity contribution < 1.29 is 4.52 Å². The quantitative estimate of drug-likeness (QED) is 0.909. The lowest BCUT2D eigenvalue weighted by atomic mass is 9.77. The van der Waals surface area contributed by atoms with Crippen LogP contribution in [0, 0.1) is 6.92 Å². The number of piperidine rings is 1. The van der Waals surface area contributed by atoms with Crippen LogP contribution in [0.4, 0.5) is 0 Å². The third-order valence-corrected chi connectivity index (χ3v) is 4.05. The van der Waals surface area contributed by atoms with Gasteiger partial charge in [0.05, 0.1) is 6.54 Å². The SMILES string of the molecule is Cc1nc(CN2CCC(C)(c3ccn[nH]3)CC2)no1. The highest BCUT2D eigenvalue weighted by Crippen LogP contribution is 2.33. The Labute approximate surface area is 112 Å². The second kappa shape index (κ2) is 4.77. The molecule has 102 valence electrons. The van der Waals surface area contributed by atoms with Gasteiger partial charge in [0.25, 0.3) is 0 Å². The Bertz CT molecular complexity index is 525. The molecule has 3 rings (SSSR count). The van der Waals surface area contributed by atoms with E-state index in [1.165, 1.54) is 5.69 Å². The molecular weight excluding hydrogens is 242 g/mol. The van der Waals surface area contributed by atoms with Crippen LogP contribution in [0.1, 0.15) is 37.2 Å². The molecule has 1 saturated heterocycles. The molecular formula is C13H19N5O. The molecule has 2 aromatic heterocycles. The summed E-state index contributed by atoms with van der Waals surface area (Å²) in [6, 6.07) is 2.08. The van der Waals surface area contributed by atoms with Crippen LogP contribution in [0.25, 0.3) is 0 Å². The lowest BCUT2D eigenvalue weighted by Gasteiger charge is -2.38. The van der Waals surface area contributed by atoms with E-state index in [2.05, 4.69) is 38.2 Å². The summed E-state index contributed by atoms with van der Waals surface area (Å²) in [5.74, 6) is 1.41. The number of nitrogens with zero attached hydrogens (tertiary/aromatic N) is 4. The van der Waals surface area contributed by atoms with Gasteiger partial charge in [-0.2, -0.15) is 10.1 Å². The number of H-pyrrole nitrogens is 1. The van der Waals surface area contributed by atoms with Crippen LogP contribution in [0.3, 0.4) is 0 Å². The molecule has 19 heavy (non-hydrogen) atoms. The van der Waals surface area contributed by atoms with Crippen LogP contribution in [0.15, 0.2) is 16.8 Å². The molecule has 0 spiro atoms. The average Bonchev–Trinajstić information content (AvgIpc) is 3.04. The molecule has 0 amide bonds. The van der Waals surface area contributed by atoms with Crippen molar-refractivity contribution in [3.05, 3.63) is 29.7 Å². The van der Waals surface area contributed by atoms with Crippen LogP contribution in [0.5, 0.6) is 0 Å². The van der Waals surface area contributed by atoms with Gasteiger partial charge >= 0.3 is 0 Å². The Morgan fingerprint density at radius 3 is 2.79 bits per heavy atom. The number of rotatable bonds is 3. The molecule has 0 saturated carbocycles. The Hall–Kier alpha value is -1.69. The first-order valence-corrected chi connectivity index (χ1v) is 6.67. The fourth-order valence-electron chi connectivity index (χ4n) is 2.67. The molecule has 3 heterocycles. The highest BCUT2D eigenvalue weighted by Gasteiger charge is 2.33. The van der Waals surface area contributed by atoms with E-state index in [1.54, 1.807) is 0 Å². The van der Waals surface area contributed by atoms with E-state index < -0.39 is 0 Å². The van der Waals surface area contributed by atoms with Crippen molar-refractivity contribution >= 4 is 0 Å². The second-order valence-corrected chi connectivity index (χ2v) is 5.54. The van der Waals surface area contributed by atoms with Crippen molar-refractivity contribution in [3.8, 4) is 0 Å². The van der Waals surface area contributed by atoms with Crippen LogP contribution in [0.2, 0.25) is 0 Å². The maximum Gasteiger partial charge on any atom is 0.223 e. The lowest BCUT2D eigenvalue weighted by Crippen LogP contribution is -2.40. The molecule has 0 aromatic carbocycles. The molecule has 6 heteroatoms. The minimum absolute atomic E-state index is 0.209. The number of nitrogens with one attached hydrogen (secondary N) is 1.